The molecule has 0 aliphatic heterocycles. The Morgan fingerprint density at radius 1 is 1.33 bits per heavy atom. The van der Waals surface area contributed by atoms with Crippen LogP contribution < -0.4 is 11.2 Å². The number of aryl methyl sites for hydroxylation is 2. The minimum absolute atomic E-state index is 0.222. The van der Waals surface area contributed by atoms with Crippen molar-refractivity contribution in [2.24, 2.45) is 20.0 Å². The number of fused-ring (bicyclic) bond motifs is 1. The summed E-state index contributed by atoms with van der Waals surface area (Å²) >= 11 is 0. The van der Waals surface area contributed by atoms with Crippen LogP contribution in [0.3, 0.4) is 0 Å². The van der Waals surface area contributed by atoms with Gasteiger partial charge in [0.25, 0.3) is 5.56 Å². The predicted octanol–water partition coefficient (Wildman–Crippen LogP) is 0.234. The molecule has 96 valence electrons. The largest absolute Gasteiger partial charge is 0.332 e. The van der Waals surface area contributed by atoms with Crippen LogP contribution in [0.5, 0.6) is 0 Å². The van der Waals surface area contributed by atoms with Gasteiger partial charge in [0.15, 0.2) is 11.2 Å². The Kier molecular flexibility index (Phi) is 2.39. The molecule has 1 aliphatic carbocycles. The van der Waals surface area contributed by atoms with Gasteiger partial charge < -0.3 is 4.57 Å². The number of imidazole rings is 1. The summed E-state index contributed by atoms with van der Waals surface area (Å²) in [7, 11) is 3.43. The second-order valence-corrected chi connectivity index (χ2v) is 5.08. The molecule has 1 fully saturated rings. The third-order valence-corrected chi connectivity index (χ3v) is 3.87. The van der Waals surface area contributed by atoms with E-state index in [4.69, 9.17) is 0 Å². The molecule has 6 heteroatoms. The average Bonchev–Trinajstić information content (AvgIpc) is 2.66. The fraction of sp³-hybridized carbons (Fsp3) is 0.583. The average molecular weight is 248 g/mol. The maximum Gasteiger partial charge on any atom is 0.332 e. The fourth-order valence-corrected chi connectivity index (χ4v) is 2.49. The Morgan fingerprint density at radius 3 is 2.67 bits per heavy atom. The summed E-state index contributed by atoms with van der Waals surface area (Å²) in [5, 5.41) is 0. The van der Waals surface area contributed by atoms with Crippen LogP contribution in [-0.4, -0.2) is 18.7 Å². The Balaban J connectivity index is 2.26. The molecule has 3 rings (SSSR count). The van der Waals surface area contributed by atoms with Crippen molar-refractivity contribution in [3.8, 4) is 0 Å². The molecule has 2 aromatic heterocycles. The maximum absolute atomic E-state index is 12.3. The van der Waals surface area contributed by atoms with Crippen molar-refractivity contribution in [3.63, 3.8) is 0 Å². The molecule has 2 aromatic rings. The molecular weight excluding hydrogens is 232 g/mol. The normalized spacial score (nSPS) is 16.1. The van der Waals surface area contributed by atoms with Gasteiger partial charge in [-0.25, -0.2) is 9.78 Å². The van der Waals surface area contributed by atoms with Crippen molar-refractivity contribution in [2.45, 2.75) is 25.8 Å². The van der Waals surface area contributed by atoms with Crippen LogP contribution >= 0.6 is 0 Å². The topological polar surface area (TPSA) is 61.8 Å². The minimum Gasteiger partial charge on any atom is -0.328 e. The molecular formula is C12H16N4O2. The van der Waals surface area contributed by atoms with E-state index in [1.165, 1.54) is 15.6 Å². The van der Waals surface area contributed by atoms with E-state index in [0.717, 1.165) is 12.8 Å². The molecule has 0 amide bonds. The van der Waals surface area contributed by atoms with Gasteiger partial charge in [0, 0.05) is 20.6 Å². The van der Waals surface area contributed by atoms with Crippen LogP contribution in [0.2, 0.25) is 0 Å². The van der Waals surface area contributed by atoms with E-state index in [-0.39, 0.29) is 11.2 Å². The molecule has 18 heavy (non-hydrogen) atoms. The van der Waals surface area contributed by atoms with Crippen molar-refractivity contribution in [2.75, 3.05) is 0 Å². The monoisotopic (exact) mass is 248 g/mol. The predicted molar refractivity (Wildman–Crippen MR) is 67.6 cm³/mol. The number of rotatable bonds is 2. The molecule has 0 spiro atoms. The highest BCUT2D eigenvalue weighted by Crippen LogP contribution is 2.27. The van der Waals surface area contributed by atoms with E-state index in [1.807, 2.05) is 0 Å². The minimum atomic E-state index is -0.266. The van der Waals surface area contributed by atoms with Gasteiger partial charge in [-0.15, -0.1) is 0 Å². The van der Waals surface area contributed by atoms with Crippen molar-refractivity contribution < 1.29 is 0 Å². The lowest BCUT2D eigenvalue weighted by atomic mass is 9.85. The summed E-state index contributed by atoms with van der Waals surface area (Å²) in [4.78, 5) is 28.6. The molecule has 0 atom stereocenters. The maximum atomic E-state index is 12.3. The first-order chi connectivity index (χ1) is 8.59. The molecule has 1 saturated carbocycles. The number of hydrogen-bond acceptors (Lipinski definition) is 3. The zero-order chi connectivity index (χ0) is 12.9. The number of aromatic nitrogens is 4. The van der Waals surface area contributed by atoms with Gasteiger partial charge in [0.05, 0.1) is 6.33 Å². The van der Waals surface area contributed by atoms with Crippen LogP contribution in [0.15, 0.2) is 15.9 Å². The quantitative estimate of drug-likeness (QED) is 0.764. The van der Waals surface area contributed by atoms with Crippen LogP contribution in [0.4, 0.5) is 0 Å². The summed E-state index contributed by atoms with van der Waals surface area (Å²) in [6.07, 6.45) is 4.99. The molecule has 6 nitrogen and oxygen atoms in total. The van der Waals surface area contributed by atoms with Crippen LogP contribution in [0, 0.1) is 5.92 Å². The van der Waals surface area contributed by atoms with Crippen LogP contribution in [0.1, 0.15) is 19.3 Å². The summed E-state index contributed by atoms with van der Waals surface area (Å²) < 4.78 is 4.48. The molecule has 2 heterocycles. The van der Waals surface area contributed by atoms with E-state index < -0.39 is 0 Å². The Labute approximate surface area is 103 Å². The lowest BCUT2D eigenvalue weighted by Gasteiger charge is -2.25. The lowest BCUT2D eigenvalue weighted by molar-refractivity contribution is 0.268. The first-order valence-electron chi connectivity index (χ1n) is 6.20. The molecule has 0 radical (unpaired) electrons. The molecule has 0 saturated heterocycles. The molecule has 1 aliphatic rings. The van der Waals surface area contributed by atoms with Crippen molar-refractivity contribution >= 4 is 11.2 Å². The smallest absolute Gasteiger partial charge is 0.328 e. The summed E-state index contributed by atoms with van der Waals surface area (Å²) in [6, 6.07) is 0. The highest BCUT2D eigenvalue weighted by atomic mass is 16.2. The van der Waals surface area contributed by atoms with Crippen LogP contribution in [0.25, 0.3) is 11.2 Å². The van der Waals surface area contributed by atoms with Crippen molar-refractivity contribution in [1.82, 2.24) is 18.7 Å². The first-order valence-corrected chi connectivity index (χ1v) is 6.20. The highest BCUT2D eigenvalue weighted by molar-refractivity contribution is 5.69. The van der Waals surface area contributed by atoms with Gasteiger partial charge in [-0.05, 0) is 18.8 Å². The van der Waals surface area contributed by atoms with Crippen LogP contribution in [-0.2, 0) is 20.6 Å². The first kappa shape index (κ1) is 11.3. The Morgan fingerprint density at radius 2 is 2.06 bits per heavy atom. The summed E-state index contributed by atoms with van der Waals surface area (Å²) in [5.41, 5.74) is 0.465. The highest BCUT2D eigenvalue weighted by Gasteiger charge is 2.22. The standard InChI is InChI=1S/C12H16N4O2/c1-14-7-13-10-9(14)11(17)16(12(18)15(10)2)6-8-4-3-5-8/h7-8H,3-6H2,1-2H3. The second kappa shape index (κ2) is 3.83. The van der Waals surface area contributed by atoms with Gasteiger partial charge in [-0.1, -0.05) is 6.42 Å². The molecule has 0 unspecified atom stereocenters. The van der Waals surface area contributed by atoms with Crippen molar-refractivity contribution in [1.29, 1.82) is 0 Å². The molecule has 0 bridgehead atoms. The zero-order valence-corrected chi connectivity index (χ0v) is 10.6. The molecule has 0 N–H and O–H groups in total. The van der Waals surface area contributed by atoms with Gasteiger partial charge in [0.1, 0.15) is 0 Å². The van der Waals surface area contributed by atoms with Crippen molar-refractivity contribution in [3.05, 3.63) is 27.2 Å². The van der Waals surface area contributed by atoms with E-state index in [2.05, 4.69) is 4.98 Å². The second-order valence-electron chi connectivity index (χ2n) is 5.08. The number of nitrogens with zero attached hydrogens (tertiary/aromatic N) is 4. The van der Waals surface area contributed by atoms with E-state index in [9.17, 15) is 9.59 Å². The summed E-state index contributed by atoms with van der Waals surface area (Å²) in [5.74, 6) is 0.473. The third kappa shape index (κ3) is 1.45. The van der Waals surface area contributed by atoms with Gasteiger partial charge in [-0.2, -0.15) is 0 Å². The number of hydrogen-bond donors (Lipinski definition) is 0. The van der Waals surface area contributed by atoms with Gasteiger partial charge in [-0.3, -0.25) is 13.9 Å². The van der Waals surface area contributed by atoms with E-state index in [0.29, 0.717) is 23.6 Å². The van der Waals surface area contributed by atoms with Gasteiger partial charge >= 0.3 is 5.69 Å². The fourth-order valence-electron chi connectivity index (χ4n) is 2.49. The summed E-state index contributed by atoms with van der Waals surface area (Å²) in [6.45, 7) is 0.534. The Bertz CT molecular complexity index is 718. The van der Waals surface area contributed by atoms with Gasteiger partial charge in [0.2, 0.25) is 0 Å². The Hall–Kier alpha value is -1.85. The lowest BCUT2D eigenvalue weighted by Crippen LogP contribution is -2.41. The third-order valence-electron chi connectivity index (χ3n) is 3.87. The van der Waals surface area contributed by atoms with E-state index in [1.54, 1.807) is 25.0 Å². The molecule has 0 aromatic carbocycles. The SMILES string of the molecule is Cn1cnc2c1c(=O)n(CC1CCC1)c(=O)n2C. The zero-order valence-electron chi connectivity index (χ0n) is 10.6. The van der Waals surface area contributed by atoms with E-state index >= 15 is 0 Å².